The van der Waals surface area contributed by atoms with Crippen molar-refractivity contribution >= 4 is 11.8 Å². The first-order valence-corrected chi connectivity index (χ1v) is 6.38. The number of benzene rings is 2. The van der Waals surface area contributed by atoms with Crippen LogP contribution >= 0.6 is 11.8 Å². The highest BCUT2D eigenvalue weighted by molar-refractivity contribution is 7.99. The lowest BCUT2D eigenvalue weighted by molar-refractivity contribution is 0.577. The quantitative estimate of drug-likeness (QED) is 0.901. The minimum absolute atomic E-state index is 0.304. The Morgan fingerprint density at radius 3 is 2.61 bits per heavy atom. The summed E-state index contributed by atoms with van der Waals surface area (Å²) in [5, 5.41) is 3.06. The molecule has 1 N–H and O–H groups in total. The Balaban J connectivity index is 2.30. The molecule has 0 aliphatic heterocycles. The van der Waals surface area contributed by atoms with Gasteiger partial charge in [0.25, 0.3) is 0 Å². The average Bonchev–Trinajstić information content (AvgIpc) is 2.36. The predicted octanol–water partition coefficient (Wildman–Crippen LogP) is 3.84. The lowest BCUT2D eigenvalue weighted by atomic mass is 10.2. The van der Waals surface area contributed by atoms with E-state index >= 15 is 0 Å². The third-order valence-corrected chi connectivity index (χ3v) is 3.60. The van der Waals surface area contributed by atoms with E-state index in [-0.39, 0.29) is 0 Å². The van der Waals surface area contributed by atoms with Gasteiger partial charge < -0.3 is 5.32 Å². The monoisotopic (exact) mass is 265 g/mol. The van der Waals surface area contributed by atoms with E-state index in [1.54, 1.807) is 0 Å². The Labute approximate surface area is 109 Å². The molecule has 0 aliphatic rings. The third kappa shape index (κ3) is 3.09. The fourth-order valence-electron chi connectivity index (χ4n) is 1.61. The first-order valence-electron chi connectivity index (χ1n) is 5.56. The molecular formula is C14H13F2NS. The largest absolute Gasteiger partial charge is 0.316 e. The molecule has 0 aromatic heterocycles. The second kappa shape index (κ2) is 5.98. The summed E-state index contributed by atoms with van der Waals surface area (Å²) >= 11 is 1.24. The van der Waals surface area contributed by atoms with E-state index in [4.69, 9.17) is 0 Å². The second-order valence-corrected chi connectivity index (χ2v) is 4.90. The Morgan fingerprint density at radius 2 is 1.83 bits per heavy atom. The fraction of sp³-hybridized carbons (Fsp3) is 0.143. The van der Waals surface area contributed by atoms with Gasteiger partial charge in [0.15, 0.2) is 0 Å². The number of nitrogens with one attached hydrogen (secondary N) is 1. The second-order valence-electron chi connectivity index (χ2n) is 3.81. The van der Waals surface area contributed by atoms with Gasteiger partial charge in [-0.1, -0.05) is 30.0 Å². The minimum atomic E-state index is -0.426. The molecule has 0 atom stereocenters. The molecule has 4 heteroatoms. The van der Waals surface area contributed by atoms with Crippen molar-refractivity contribution in [3.8, 4) is 0 Å². The van der Waals surface area contributed by atoms with Gasteiger partial charge in [0, 0.05) is 11.4 Å². The van der Waals surface area contributed by atoms with Crippen molar-refractivity contribution in [3.05, 3.63) is 59.7 Å². The van der Waals surface area contributed by atoms with Crippen molar-refractivity contribution in [1.29, 1.82) is 0 Å². The van der Waals surface area contributed by atoms with Crippen LogP contribution in [0.2, 0.25) is 0 Å². The van der Waals surface area contributed by atoms with Crippen molar-refractivity contribution in [2.45, 2.75) is 16.3 Å². The molecule has 1 nitrogen and oxygen atoms in total. The molecule has 2 aromatic carbocycles. The lowest BCUT2D eigenvalue weighted by Crippen LogP contribution is -2.05. The van der Waals surface area contributed by atoms with Gasteiger partial charge in [-0.2, -0.15) is 0 Å². The maximum absolute atomic E-state index is 13.6. The maximum atomic E-state index is 13.6. The smallest absolute Gasteiger partial charge is 0.137 e. The molecule has 0 saturated heterocycles. The molecule has 0 heterocycles. The highest BCUT2D eigenvalue weighted by Crippen LogP contribution is 2.32. The molecular weight excluding hydrogens is 252 g/mol. The first-order chi connectivity index (χ1) is 8.70. The summed E-state index contributed by atoms with van der Waals surface area (Å²) in [5.41, 5.74) is 1.06. The van der Waals surface area contributed by atoms with E-state index in [0.29, 0.717) is 11.4 Å². The summed E-state index contributed by atoms with van der Waals surface area (Å²) in [6.45, 7) is 0.695. The van der Waals surface area contributed by atoms with Crippen LogP contribution in [0.1, 0.15) is 5.56 Å². The highest BCUT2D eigenvalue weighted by atomic mass is 32.2. The SMILES string of the molecule is CNCc1ccccc1Sc1cc(F)ccc1F. The predicted molar refractivity (Wildman–Crippen MR) is 69.7 cm³/mol. The summed E-state index contributed by atoms with van der Waals surface area (Å²) in [6, 6.07) is 11.2. The number of rotatable bonds is 4. The molecule has 0 fully saturated rings. The van der Waals surface area contributed by atoms with Gasteiger partial charge in [-0.3, -0.25) is 0 Å². The summed E-state index contributed by atoms with van der Waals surface area (Å²) in [7, 11) is 1.85. The van der Waals surface area contributed by atoms with Gasteiger partial charge in [0.1, 0.15) is 11.6 Å². The van der Waals surface area contributed by atoms with E-state index in [0.717, 1.165) is 22.6 Å². The zero-order chi connectivity index (χ0) is 13.0. The van der Waals surface area contributed by atoms with Crippen LogP contribution in [0.4, 0.5) is 8.78 Å². The van der Waals surface area contributed by atoms with E-state index in [1.165, 1.54) is 17.8 Å². The zero-order valence-corrected chi connectivity index (χ0v) is 10.7. The van der Waals surface area contributed by atoms with Crippen LogP contribution in [0.15, 0.2) is 52.3 Å². The molecule has 0 saturated carbocycles. The van der Waals surface area contributed by atoms with Gasteiger partial charge in [0.2, 0.25) is 0 Å². The van der Waals surface area contributed by atoms with E-state index in [2.05, 4.69) is 5.32 Å². The van der Waals surface area contributed by atoms with E-state index < -0.39 is 11.6 Å². The molecule has 0 spiro atoms. The fourth-order valence-corrected chi connectivity index (χ4v) is 2.61. The van der Waals surface area contributed by atoms with Crippen molar-refractivity contribution in [2.75, 3.05) is 7.05 Å². The molecule has 94 valence electrons. The van der Waals surface area contributed by atoms with Crippen LogP contribution in [0.5, 0.6) is 0 Å². The summed E-state index contributed by atoms with van der Waals surface area (Å²) in [4.78, 5) is 1.23. The van der Waals surface area contributed by atoms with Crippen molar-refractivity contribution < 1.29 is 8.78 Å². The van der Waals surface area contributed by atoms with Gasteiger partial charge in [0.05, 0.1) is 4.90 Å². The summed E-state index contributed by atoms with van der Waals surface area (Å²) < 4.78 is 26.7. The van der Waals surface area contributed by atoms with E-state index in [1.807, 2.05) is 31.3 Å². The van der Waals surface area contributed by atoms with Gasteiger partial charge >= 0.3 is 0 Å². The van der Waals surface area contributed by atoms with Crippen molar-refractivity contribution in [3.63, 3.8) is 0 Å². The molecule has 0 aliphatic carbocycles. The van der Waals surface area contributed by atoms with Crippen LogP contribution in [0.25, 0.3) is 0 Å². The molecule has 0 amide bonds. The van der Waals surface area contributed by atoms with Gasteiger partial charge in [-0.25, -0.2) is 8.78 Å². The standard InChI is InChI=1S/C14H13F2NS/c1-17-9-10-4-2-3-5-13(10)18-14-8-11(15)6-7-12(14)16/h2-8,17H,9H2,1H3. The summed E-state index contributed by atoms with van der Waals surface area (Å²) in [6.07, 6.45) is 0. The molecule has 2 rings (SSSR count). The first kappa shape index (κ1) is 13.1. The third-order valence-electron chi connectivity index (χ3n) is 2.45. The summed E-state index contributed by atoms with van der Waals surface area (Å²) in [5.74, 6) is -0.828. The lowest BCUT2D eigenvalue weighted by Gasteiger charge is -2.09. The molecule has 18 heavy (non-hydrogen) atoms. The molecule has 0 unspecified atom stereocenters. The van der Waals surface area contributed by atoms with Gasteiger partial charge in [-0.05, 0) is 36.9 Å². The van der Waals surface area contributed by atoms with E-state index in [9.17, 15) is 8.78 Å². The Hall–Kier alpha value is -1.39. The number of hydrogen-bond donors (Lipinski definition) is 1. The molecule has 0 radical (unpaired) electrons. The highest BCUT2D eigenvalue weighted by Gasteiger charge is 2.08. The van der Waals surface area contributed by atoms with Crippen LogP contribution in [0.3, 0.4) is 0 Å². The minimum Gasteiger partial charge on any atom is -0.316 e. The Bertz CT molecular complexity index is 543. The van der Waals surface area contributed by atoms with Gasteiger partial charge in [-0.15, -0.1) is 0 Å². The Kier molecular flexibility index (Phi) is 4.33. The van der Waals surface area contributed by atoms with Crippen molar-refractivity contribution in [2.24, 2.45) is 0 Å². The van der Waals surface area contributed by atoms with Crippen molar-refractivity contribution in [1.82, 2.24) is 5.32 Å². The number of halogens is 2. The average molecular weight is 265 g/mol. The van der Waals surface area contributed by atoms with Crippen LogP contribution < -0.4 is 5.32 Å². The van der Waals surface area contributed by atoms with Crippen LogP contribution in [-0.4, -0.2) is 7.05 Å². The molecule has 0 bridgehead atoms. The van der Waals surface area contributed by atoms with Crippen LogP contribution in [-0.2, 0) is 6.54 Å². The van der Waals surface area contributed by atoms with Crippen LogP contribution in [0, 0.1) is 11.6 Å². The number of hydrogen-bond acceptors (Lipinski definition) is 2. The maximum Gasteiger partial charge on any atom is 0.137 e. The Morgan fingerprint density at radius 1 is 1.06 bits per heavy atom. The normalized spacial score (nSPS) is 10.6. The topological polar surface area (TPSA) is 12.0 Å². The molecule has 2 aromatic rings. The zero-order valence-electron chi connectivity index (χ0n) is 9.91.